The third-order valence-corrected chi connectivity index (χ3v) is 5.65. The number of H-pyrrole nitrogens is 1. The van der Waals surface area contributed by atoms with Gasteiger partial charge in [-0.1, -0.05) is 31.0 Å². The average molecular weight is 407 g/mol. The van der Waals surface area contributed by atoms with Gasteiger partial charge >= 0.3 is 0 Å². The van der Waals surface area contributed by atoms with Crippen LogP contribution in [0.25, 0.3) is 10.9 Å². The maximum absolute atomic E-state index is 13.7. The second-order valence-electron chi connectivity index (χ2n) is 7.44. The molecule has 30 heavy (non-hydrogen) atoms. The first-order valence-electron chi connectivity index (χ1n) is 10.1. The average Bonchev–Trinajstić information content (AvgIpc) is 3.31. The zero-order chi connectivity index (χ0) is 21.1. The molecule has 1 saturated carbocycles. The molecule has 2 aromatic carbocycles. The molecule has 1 N–H and O–H groups in total. The first-order valence-corrected chi connectivity index (χ1v) is 10.1. The number of nitrogens with one attached hydrogen (secondary N) is 1. The van der Waals surface area contributed by atoms with E-state index in [0.717, 1.165) is 25.7 Å². The summed E-state index contributed by atoms with van der Waals surface area (Å²) in [7, 11) is 3.07. The molecule has 0 saturated heterocycles. The molecule has 0 bridgehead atoms. The lowest BCUT2D eigenvalue weighted by Crippen LogP contribution is -2.39. The van der Waals surface area contributed by atoms with Gasteiger partial charge in [0.15, 0.2) is 0 Å². The van der Waals surface area contributed by atoms with Gasteiger partial charge in [-0.2, -0.15) is 0 Å². The number of hydrogen-bond donors (Lipinski definition) is 1. The highest BCUT2D eigenvalue weighted by Gasteiger charge is 2.31. The van der Waals surface area contributed by atoms with Crippen molar-refractivity contribution in [2.45, 2.75) is 38.3 Å². The van der Waals surface area contributed by atoms with Crippen LogP contribution >= 0.6 is 0 Å². The Kier molecular flexibility index (Phi) is 5.70. The molecular formula is C23H25N3O4. The molecule has 7 nitrogen and oxygen atoms in total. The second kappa shape index (κ2) is 8.57. The van der Waals surface area contributed by atoms with Crippen LogP contribution in [-0.4, -0.2) is 41.0 Å². The number of carbonyl (C=O) groups excluding carboxylic acids is 1. The fourth-order valence-corrected chi connectivity index (χ4v) is 4.16. The van der Waals surface area contributed by atoms with Crippen molar-refractivity contribution in [2.24, 2.45) is 0 Å². The van der Waals surface area contributed by atoms with E-state index in [2.05, 4.69) is 9.97 Å². The summed E-state index contributed by atoms with van der Waals surface area (Å²) in [6.07, 6.45) is 3.97. The number of aromatic nitrogens is 2. The Hall–Kier alpha value is -3.35. The predicted molar refractivity (Wildman–Crippen MR) is 114 cm³/mol. The topological polar surface area (TPSA) is 84.5 Å². The number of fused-ring (bicyclic) bond motifs is 1. The Morgan fingerprint density at radius 2 is 1.73 bits per heavy atom. The van der Waals surface area contributed by atoms with Crippen LogP contribution in [0.2, 0.25) is 0 Å². The highest BCUT2D eigenvalue weighted by molar-refractivity contribution is 6.00. The molecule has 0 radical (unpaired) electrons. The van der Waals surface area contributed by atoms with Gasteiger partial charge in [-0.05, 0) is 37.1 Å². The number of para-hydroxylation sites is 1. The smallest absolute Gasteiger partial charge is 0.262 e. The summed E-state index contributed by atoms with van der Waals surface area (Å²) in [6.45, 7) is 0.213. The largest absolute Gasteiger partial charge is 0.496 e. The Morgan fingerprint density at radius 3 is 2.40 bits per heavy atom. The molecule has 1 aliphatic rings. The molecule has 1 amide bonds. The molecule has 3 aromatic rings. The normalized spacial score (nSPS) is 14.1. The third kappa shape index (κ3) is 3.75. The Balaban J connectivity index is 1.75. The molecule has 0 unspecified atom stereocenters. The highest BCUT2D eigenvalue weighted by Crippen LogP contribution is 2.33. The van der Waals surface area contributed by atoms with Gasteiger partial charge in [-0.25, -0.2) is 4.98 Å². The van der Waals surface area contributed by atoms with Crippen LogP contribution in [0.5, 0.6) is 11.5 Å². The maximum atomic E-state index is 13.7. The Bertz CT molecular complexity index is 1100. The molecule has 0 spiro atoms. The molecule has 0 atom stereocenters. The summed E-state index contributed by atoms with van der Waals surface area (Å²) in [5.74, 6) is 1.20. The number of rotatable bonds is 6. The predicted octanol–water partition coefficient (Wildman–Crippen LogP) is 3.53. The van der Waals surface area contributed by atoms with E-state index in [1.807, 2.05) is 6.07 Å². The van der Waals surface area contributed by atoms with Crippen molar-refractivity contribution < 1.29 is 14.3 Å². The van der Waals surface area contributed by atoms with E-state index in [0.29, 0.717) is 33.8 Å². The molecule has 156 valence electrons. The van der Waals surface area contributed by atoms with Gasteiger partial charge in [0.2, 0.25) is 0 Å². The monoisotopic (exact) mass is 407 g/mol. The first kappa shape index (κ1) is 19.9. The van der Waals surface area contributed by atoms with E-state index in [4.69, 9.17) is 9.47 Å². The highest BCUT2D eigenvalue weighted by atomic mass is 16.5. The van der Waals surface area contributed by atoms with Crippen LogP contribution < -0.4 is 15.0 Å². The van der Waals surface area contributed by atoms with Crippen molar-refractivity contribution in [1.82, 2.24) is 14.9 Å². The van der Waals surface area contributed by atoms with Crippen molar-refractivity contribution in [1.29, 1.82) is 0 Å². The molecule has 4 rings (SSSR count). The van der Waals surface area contributed by atoms with Crippen molar-refractivity contribution in [2.75, 3.05) is 14.2 Å². The van der Waals surface area contributed by atoms with Gasteiger partial charge in [0.1, 0.15) is 22.9 Å². The minimum absolute atomic E-state index is 0.0730. The summed E-state index contributed by atoms with van der Waals surface area (Å²) in [5.41, 5.74) is 0.798. The van der Waals surface area contributed by atoms with E-state index < -0.39 is 0 Å². The number of benzene rings is 2. The Morgan fingerprint density at radius 1 is 1.07 bits per heavy atom. The number of carbonyl (C=O) groups is 1. The number of amides is 1. The van der Waals surface area contributed by atoms with Crippen LogP contribution in [0, 0.1) is 0 Å². The minimum Gasteiger partial charge on any atom is -0.496 e. The van der Waals surface area contributed by atoms with Crippen molar-refractivity contribution >= 4 is 16.8 Å². The number of hydrogen-bond acceptors (Lipinski definition) is 5. The molecule has 1 fully saturated rings. The van der Waals surface area contributed by atoms with Crippen LogP contribution in [0.15, 0.2) is 47.3 Å². The van der Waals surface area contributed by atoms with E-state index in [1.165, 1.54) is 14.2 Å². The summed E-state index contributed by atoms with van der Waals surface area (Å²) in [4.78, 5) is 35.4. The summed E-state index contributed by atoms with van der Waals surface area (Å²) in [6, 6.07) is 12.6. The van der Waals surface area contributed by atoms with Gasteiger partial charge < -0.3 is 19.4 Å². The molecule has 0 aliphatic heterocycles. The lowest BCUT2D eigenvalue weighted by atomic mass is 10.1. The fourth-order valence-electron chi connectivity index (χ4n) is 4.16. The van der Waals surface area contributed by atoms with Gasteiger partial charge in [-0.15, -0.1) is 0 Å². The van der Waals surface area contributed by atoms with E-state index >= 15 is 0 Å². The lowest BCUT2D eigenvalue weighted by molar-refractivity contribution is 0.0651. The van der Waals surface area contributed by atoms with Crippen LogP contribution in [0.4, 0.5) is 0 Å². The second-order valence-corrected chi connectivity index (χ2v) is 7.44. The van der Waals surface area contributed by atoms with Crippen LogP contribution in [0.3, 0.4) is 0 Å². The summed E-state index contributed by atoms with van der Waals surface area (Å²) >= 11 is 0. The number of aromatic amines is 1. The van der Waals surface area contributed by atoms with Gasteiger partial charge in [-0.3, -0.25) is 9.59 Å². The van der Waals surface area contributed by atoms with E-state index in [9.17, 15) is 9.59 Å². The summed E-state index contributed by atoms with van der Waals surface area (Å²) in [5, 5.41) is 0.534. The number of methoxy groups -OCH3 is 2. The van der Waals surface area contributed by atoms with Crippen molar-refractivity contribution in [3.63, 3.8) is 0 Å². The van der Waals surface area contributed by atoms with Crippen molar-refractivity contribution in [3.8, 4) is 11.5 Å². The zero-order valence-corrected chi connectivity index (χ0v) is 17.2. The summed E-state index contributed by atoms with van der Waals surface area (Å²) < 4.78 is 10.9. The fraction of sp³-hybridized carbons (Fsp3) is 0.348. The molecular weight excluding hydrogens is 382 g/mol. The first-order chi connectivity index (χ1) is 14.6. The number of nitrogens with zero attached hydrogens (tertiary/aromatic N) is 2. The Labute approximate surface area is 174 Å². The third-order valence-electron chi connectivity index (χ3n) is 5.65. The van der Waals surface area contributed by atoms with Crippen molar-refractivity contribution in [3.05, 3.63) is 64.2 Å². The minimum atomic E-state index is -0.204. The molecule has 7 heteroatoms. The zero-order valence-electron chi connectivity index (χ0n) is 17.2. The molecule has 1 aromatic heterocycles. The maximum Gasteiger partial charge on any atom is 0.262 e. The van der Waals surface area contributed by atoms with Gasteiger partial charge in [0.05, 0.1) is 31.7 Å². The standard InChI is InChI=1S/C23H25N3O4/c1-29-18-12-7-13-19(30-2)21(18)23(28)26(15-8-3-4-9-15)14-20-24-17-11-6-5-10-16(17)22(27)25-20/h5-7,10-13,15H,3-4,8-9,14H2,1-2H3,(H,24,25,27). The van der Waals surface area contributed by atoms with E-state index in [1.54, 1.807) is 41.3 Å². The SMILES string of the molecule is COc1cccc(OC)c1C(=O)N(Cc1nc2ccccc2c(=O)[nH]1)C1CCCC1. The van der Waals surface area contributed by atoms with Crippen LogP contribution in [-0.2, 0) is 6.54 Å². The lowest BCUT2D eigenvalue weighted by Gasteiger charge is -2.29. The molecule has 1 aliphatic carbocycles. The number of ether oxygens (including phenoxy) is 2. The van der Waals surface area contributed by atoms with E-state index in [-0.39, 0.29) is 24.1 Å². The van der Waals surface area contributed by atoms with Crippen LogP contribution in [0.1, 0.15) is 41.9 Å². The molecule has 1 heterocycles. The quantitative estimate of drug-likeness (QED) is 0.676. The van der Waals surface area contributed by atoms with Gasteiger partial charge in [0, 0.05) is 6.04 Å². The van der Waals surface area contributed by atoms with Gasteiger partial charge in [0.25, 0.3) is 11.5 Å².